The highest BCUT2D eigenvalue weighted by molar-refractivity contribution is 5.66. The van der Waals surface area contributed by atoms with Crippen LogP contribution in [0.5, 0.6) is 0 Å². The van der Waals surface area contributed by atoms with E-state index in [2.05, 4.69) is 53.1 Å². The lowest BCUT2D eigenvalue weighted by Crippen LogP contribution is -2.19. The fraction of sp³-hybridized carbons (Fsp3) is 0.333. The Morgan fingerprint density at radius 1 is 1.11 bits per heavy atom. The normalized spacial score (nSPS) is 10.3. The predicted molar refractivity (Wildman–Crippen MR) is 80.1 cm³/mol. The molecule has 0 saturated carbocycles. The Balaban J connectivity index is 2.42. The van der Waals surface area contributed by atoms with Crippen LogP contribution >= 0.6 is 0 Å². The summed E-state index contributed by atoms with van der Waals surface area (Å²) in [7, 11) is 0. The number of hydrogen-bond donors (Lipinski definition) is 1. The van der Waals surface area contributed by atoms with E-state index in [0.717, 1.165) is 36.0 Å². The van der Waals surface area contributed by atoms with Gasteiger partial charge in [-0.25, -0.2) is 9.97 Å². The molecule has 0 aliphatic carbocycles. The van der Waals surface area contributed by atoms with Crippen LogP contribution in [0.25, 0.3) is 0 Å². The van der Waals surface area contributed by atoms with Crippen LogP contribution in [0.1, 0.15) is 19.4 Å². The fourth-order valence-corrected chi connectivity index (χ4v) is 2.12. The Hall–Kier alpha value is -2.10. The molecule has 100 valence electrons. The Kier molecular flexibility index (Phi) is 4.34. The van der Waals surface area contributed by atoms with Gasteiger partial charge in [0, 0.05) is 24.3 Å². The van der Waals surface area contributed by atoms with Gasteiger partial charge in [-0.2, -0.15) is 0 Å². The van der Waals surface area contributed by atoms with E-state index in [4.69, 9.17) is 0 Å². The van der Waals surface area contributed by atoms with Crippen molar-refractivity contribution in [1.82, 2.24) is 9.97 Å². The monoisotopic (exact) mass is 256 g/mol. The molecule has 0 spiro atoms. The minimum atomic E-state index is 0.856. The fourth-order valence-electron chi connectivity index (χ4n) is 2.12. The van der Waals surface area contributed by atoms with Crippen LogP contribution in [0.15, 0.2) is 36.7 Å². The molecular weight excluding hydrogens is 236 g/mol. The van der Waals surface area contributed by atoms with Crippen molar-refractivity contribution in [1.29, 1.82) is 0 Å². The van der Waals surface area contributed by atoms with Crippen molar-refractivity contribution in [2.45, 2.75) is 20.8 Å². The molecule has 0 atom stereocenters. The summed E-state index contributed by atoms with van der Waals surface area (Å²) in [6.07, 6.45) is 1.62. The van der Waals surface area contributed by atoms with Gasteiger partial charge in [-0.1, -0.05) is 18.2 Å². The molecule has 0 aliphatic rings. The number of benzene rings is 1. The van der Waals surface area contributed by atoms with Crippen molar-refractivity contribution >= 4 is 17.3 Å². The number of para-hydroxylation sites is 1. The average Bonchev–Trinajstić information content (AvgIpc) is 2.45. The third kappa shape index (κ3) is 2.84. The van der Waals surface area contributed by atoms with Gasteiger partial charge in [0.2, 0.25) is 0 Å². The highest BCUT2D eigenvalue weighted by atomic mass is 15.2. The summed E-state index contributed by atoms with van der Waals surface area (Å²) in [6.45, 7) is 7.97. The van der Waals surface area contributed by atoms with E-state index in [0.29, 0.717) is 0 Å². The van der Waals surface area contributed by atoms with Gasteiger partial charge >= 0.3 is 0 Å². The van der Waals surface area contributed by atoms with Gasteiger partial charge < -0.3 is 10.2 Å². The first-order valence-corrected chi connectivity index (χ1v) is 6.66. The van der Waals surface area contributed by atoms with Crippen LogP contribution in [0.3, 0.4) is 0 Å². The standard InChI is InChI=1S/C15H20N4/c1-4-16-14-12(3)15(18-11-17-14)19(5-2)13-9-7-6-8-10-13/h6-11H,4-5H2,1-3H3,(H,16,17,18). The molecular formula is C15H20N4. The largest absolute Gasteiger partial charge is 0.370 e. The topological polar surface area (TPSA) is 41.1 Å². The minimum absolute atomic E-state index is 0.856. The maximum Gasteiger partial charge on any atom is 0.141 e. The van der Waals surface area contributed by atoms with Crippen LogP contribution in [0, 0.1) is 6.92 Å². The van der Waals surface area contributed by atoms with Gasteiger partial charge in [-0.05, 0) is 32.9 Å². The number of rotatable bonds is 5. The average molecular weight is 256 g/mol. The second kappa shape index (κ2) is 6.18. The molecule has 1 heterocycles. The van der Waals surface area contributed by atoms with Gasteiger partial charge in [-0.15, -0.1) is 0 Å². The van der Waals surface area contributed by atoms with Crippen molar-refractivity contribution in [2.24, 2.45) is 0 Å². The van der Waals surface area contributed by atoms with E-state index in [-0.39, 0.29) is 0 Å². The first-order chi connectivity index (χ1) is 9.27. The van der Waals surface area contributed by atoms with Crippen LogP contribution in [0.2, 0.25) is 0 Å². The van der Waals surface area contributed by atoms with Gasteiger partial charge in [-0.3, -0.25) is 0 Å². The highest BCUT2D eigenvalue weighted by Crippen LogP contribution is 2.28. The molecule has 0 saturated heterocycles. The van der Waals surface area contributed by atoms with Crippen molar-refractivity contribution in [3.05, 3.63) is 42.2 Å². The lowest BCUT2D eigenvalue weighted by atomic mass is 10.2. The predicted octanol–water partition coefficient (Wildman–Crippen LogP) is 3.37. The molecule has 2 aromatic rings. The molecule has 4 nitrogen and oxygen atoms in total. The van der Waals surface area contributed by atoms with E-state index >= 15 is 0 Å². The summed E-state index contributed by atoms with van der Waals surface area (Å²) in [6, 6.07) is 10.3. The molecule has 1 aromatic heterocycles. The first-order valence-electron chi connectivity index (χ1n) is 6.66. The lowest BCUT2D eigenvalue weighted by molar-refractivity contribution is 0.959. The summed E-state index contributed by atoms with van der Waals surface area (Å²) in [5.74, 6) is 1.86. The Labute approximate surface area is 114 Å². The molecule has 0 fully saturated rings. The molecule has 4 heteroatoms. The van der Waals surface area contributed by atoms with Crippen molar-refractivity contribution in [3.63, 3.8) is 0 Å². The van der Waals surface area contributed by atoms with Gasteiger partial charge in [0.15, 0.2) is 0 Å². The third-order valence-electron chi connectivity index (χ3n) is 3.04. The number of nitrogens with zero attached hydrogens (tertiary/aromatic N) is 3. The van der Waals surface area contributed by atoms with Gasteiger partial charge in [0.05, 0.1) is 0 Å². The zero-order valence-corrected chi connectivity index (χ0v) is 11.7. The lowest BCUT2D eigenvalue weighted by Gasteiger charge is -2.24. The van der Waals surface area contributed by atoms with E-state index in [1.165, 1.54) is 0 Å². The Morgan fingerprint density at radius 3 is 2.47 bits per heavy atom. The molecule has 0 unspecified atom stereocenters. The maximum atomic E-state index is 4.44. The molecule has 2 rings (SSSR count). The molecule has 1 aromatic carbocycles. The van der Waals surface area contributed by atoms with Crippen molar-refractivity contribution < 1.29 is 0 Å². The number of nitrogens with one attached hydrogen (secondary N) is 1. The maximum absolute atomic E-state index is 4.44. The molecule has 0 radical (unpaired) electrons. The summed E-state index contributed by atoms with van der Waals surface area (Å²) < 4.78 is 0. The van der Waals surface area contributed by atoms with Crippen LogP contribution in [-0.4, -0.2) is 23.1 Å². The summed E-state index contributed by atoms with van der Waals surface area (Å²) >= 11 is 0. The minimum Gasteiger partial charge on any atom is -0.370 e. The summed E-state index contributed by atoms with van der Waals surface area (Å²) in [4.78, 5) is 10.9. The number of aromatic nitrogens is 2. The second-order valence-corrected chi connectivity index (χ2v) is 4.28. The zero-order chi connectivity index (χ0) is 13.7. The summed E-state index contributed by atoms with van der Waals surface area (Å²) in [5.41, 5.74) is 2.23. The quantitative estimate of drug-likeness (QED) is 0.890. The summed E-state index contributed by atoms with van der Waals surface area (Å²) in [5, 5.41) is 3.27. The number of hydrogen-bond acceptors (Lipinski definition) is 4. The van der Waals surface area contributed by atoms with E-state index in [1.807, 2.05) is 18.2 Å². The molecule has 0 amide bonds. The number of anilines is 3. The van der Waals surface area contributed by atoms with Crippen LogP contribution < -0.4 is 10.2 Å². The zero-order valence-electron chi connectivity index (χ0n) is 11.7. The Morgan fingerprint density at radius 2 is 1.84 bits per heavy atom. The van der Waals surface area contributed by atoms with E-state index in [1.54, 1.807) is 6.33 Å². The van der Waals surface area contributed by atoms with E-state index < -0.39 is 0 Å². The smallest absolute Gasteiger partial charge is 0.141 e. The van der Waals surface area contributed by atoms with Crippen molar-refractivity contribution in [3.8, 4) is 0 Å². The van der Waals surface area contributed by atoms with Crippen LogP contribution in [-0.2, 0) is 0 Å². The SMILES string of the molecule is CCNc1ncnc(N(CC)c2ccccc2)c1C. The first kappa shape index (κ1) is 13.3. The van der Waals surface area contributed by atoms with Crippen molar-refractivity contribution in [2.75, 3.05) is 23.3 Å². The van der Waals surface area contributed by atoms with Gasteiger partial charge in [0.1, 0.15) is 18.0 Å². The molecule has 19 heavy (non-hydrogen) atoms. The second-order valence-electron chi connectivity index (χ2n) is 4.28. The molecule has 0 aliphatic heterocycles. The molecule has 0 bridgehead atoms. The third-order valence-corrected chi connectivity index (χ3v) is 3.04. The highest BCUT2D eigenvalue weighted by Gasteiger charge is 2.13. The Bertz CT molecular complexity index is 525. The van der Waals surface area contributed by atoms with E-state index in [9.17, 15) is 0 Å². The van der Waals surface area contributed by atoms with Crippen LogP contribution in [0.4, 0.5) is 17.3 Å². The molecule has 1 N–H and O–H groups in total. The van der Waals surface area contributed by atoms with Gasteiger partial charge in [0.25, 0.3) is 0 Å².